The van der Waals surface area contributed by atoms with Gasteiger partial charge in [0.2, 0.25) is 0 Å². The Bertz CT molecular complexity index is 980. The molecular weight excluding hydrogens is 314 g/mol. The molecule has 122 valence electrons. The van der Waals surface area contributed by atoms with Crippen molar-refractivity contribution < 1.29 is 4.42 Å². The van der Waals surface area contributed by atoms with E-state index in [1.54, 1.807) is 24.8 Å². The van der Waals surface area contributed by atoms with Crippen molar-refractivity contribution in [1.82, 2.24) is 19.9 Å². The van der Waals surface area contributed by atoms with E-state index in [9.17, 15) is 0 Å². The quantitative estimate of drug-likeness (QED) is 0.603. The zero-order chi connectivity index (χ0) is 17.1. The summed E-state index contributed by atoms with van der Waals surface area (Å²) in [6.07, 6.45) is 6.74. The maximum atomic E-state index is 5.61. The van der Waals surface area contributed by atoms with Gasteiger partial charge in [-0.15, -0.1) is 0 Å². The molecule has 0 aromatic carbocycles. The van der Waals surface area contributed by atoms with Crippen LogP contribution in [0.25, 0.3) is 22.7 Å². The van der Waals surface area contributed by atoms with Gasteiger partial charge in [-0.1, -0.05) is 6.07 Å². The minimum atomic E-state index is 0.692. The van der Waals surface area contributed by atoms with Crippen LogP contribution in [0.2, 0.25) is 0 Å². The van der Waals surface area contributed by atoms with Crippen molar-refractivity contribution in [2.45, 2.75) is 6.92 Å². The van der Waals surface area contributed by atoms with Gasteiger partial charge < -0.3 is 9.73 Å². The number of hydrogen-bond acceptors (Lipinski definition) is 6. The van der Waals surface area contributed by atoms with E-state index in [4.69, 9.17) is 4.42 Å². The lowest BCUT2D eigenvalue weighted by atomic mass is 10.2. The Morgan fingerprint density at radius 2 is 1.80 bits per heavy atom. The molecule has 4 aromatic heterocycles. The molecule has 1 N–H and O–H groups in total. The zero-order valence-corrected chi connectivity index (χ0v) is 13.5. The van der Waals surface area contributed by atoms with Crippen LogP contribution < -0.4 is 5.32 Å². The van der Waals surface area contributed by atoms with Crippen LogP contribution in [0.5, 0.6) is 0 Å². The number of rotatable bonds is 4. The number of nitrogens with zero attached hydrogens (tertiary/aromatic N) is 4. The van der Waals surface area contributed by atoms with E-state index in [0.717, 1.165) is 28.5 Å². The fraction of sp³-hybridized carbons (Fsp3) is 0.0526. The van der Waals surface area contributed by atoms with Crippen LogP contribution in [0.4, 0.5) is 11.6 Å². The van der Waals surface area contributed by atoms with Gasteiger partial charge in [-0.3, -0.25) is 9.97 Å². The highest BCUT2D eigenvalue weighted by atomic mass is 16.3. The Labute approximate surface area is 144 Å². The lowest BCUT2D eigenvalue weighted by Gasteiger charge is -2.07. The number of aryl methyl sites for hydroxylation is 1. The Kier molecular flexibility index (Phi) is 3.92. The first-order valence-electron chi connectivity index (χ1n) is 7.81. The molecule has 0 bridgehead atoms. The van der Waals surface area contributed by atoms with Crippen LogP contribution in [-0.2, 0) is 0 Å². The summed E-state index contributed by atoms with van der Waals surface area (Å²) < 4.78 is 5.61. The van der Waals surface area contributed by atoms with E-state index in [1.807, 2.05) is 49.4 Å². The minimum absolute atomic E-state index is 0.692. The third kappa shape index (κ3) is 3.37. The maximum Gasteiger partial charge on any atom is 0.135 e. The molecule has 0 saturated heterocycles. The fourth-order valence-electron chi connectivity index (χ4n) is 2.41. The molecule has 0 fully saturated rings. The SMILES string of the molecule is Cc1ccc(-c2ccc(Nc3cccc(-c4cnccn4)n3)nc2)o1. The van der Waals surface area contributed by atoms with Gasteiger partial charge in [0, 0.05) is 24.2 Å². The van der Waals surface area contributed by atoms with Gasteiger partial charge in [0.15, 0.2) is 0 Å². The molecule has 0 saturated carbocycles. The monoisotopic (exact) mass is 329 g/mol. The van der Waals surface area contributed by atoms with Crippen LogP contribution in [0.1, 0.15) is 5.76 Å². The summed E-state index contributed by atoms with van der Waals surface area (Å²) >= 11 is 0. The second-order valence-corrected chi connectivity index (χ2v) is 5.47. The van der Waals surface area contributed by atoms with E-state index in [0.29, 0.717) is 11.6 Å². The van der Waals surface area contributed by atoms with Gasteiger partial charge >= 0.3 is 0 Å². The van der Waals surface area contributed by atoms with Gasteiger partial charge in [-0.25, -0.2) is 9.97 Å². The molecule has 4 heterocycles. The summed E-state index contributed by atoms with van der Waals surface area (Å²) in [5, 5.41) is 3.20. The van der Waals surface area contributed by atoms with Crippen LogP contribution in [0, 0.1) is 6.92 Å². The van der Waals surface area contributed by atoms with Gasteiger partial charge in [-0.05, 0) is 43.3 Å². The maximum absolute atomic E-state index is 5.61. The first kappa shape index (κ1) is 15.0. The van der Waals surface area contributed by atoms with Crippen LogP contribution in [0.15, 0.2) is 71.7 Å². The lowest BCUT2D eigenvalue weighted by Crippen LogP contribution is -1.97. The molecule has 6 heteroatoms. The molecule has 0 amide bonds. The molecule has 0 aliphatic rings. The van der Waals surface area contributed by atoms with Crippen molar-refractivity contribution >= 4 is 11.6 Å². The van der Waals surface area contributed by atoms with Crippen molar-refractivity contribution in [2.75, 3.05) is 5.32 Å². The van der Waals surface area contributed by atoms with Gasteiger partial charge in [-0.2, -0.15) is 0 Å². The van der Waals surface area contributed by atoms with Gasteiger partial charge in [0.25, 0.3) is 0 Å². The Balaban J connectivity index is 1.54. The van der Waals surface area contributed by atoms with Crippen molar-refractivity contribution in [3.05, 3.63) is 73.0 Å². The Morgan fingerprint density at radius 3 is 2.52 bits per heavy atom. The van der Waals surface area contributed by atoms with Gasteiger partial charge in [0.05, 0.1) is 11.9 Å². The summed E-state index contributed by atoms with van der Waals surface area (Å²) in [5.74, 6) is 3.08. The highest BCUT2D eigenvalue weighted by Crippen LogP contribution is 2.23. The Morgan fingerprint density at radius 1 is 0.840 bits per heavy atom. The number of aromatic nitrogens is 4. The number of pyridine rings is 2. The third-order valence-electron chi connectivity index (χ3n) is 3.62. The van der Waals surface area contributed by atoms with E-state index in [-0.39, 0.29) is 0 Å². The molecule has 0 spiro atoms. The number of anilines is 2. The third-order valence-corrected chi connectivity index (χ3v) is 3.62. The van der Waals surface area contributed by atoms with Crippen molar-refractivity contribution in [1.29, 1.82) is 0 Å². The number of nitrogens with one attached hydrogen (secondary N) is 1. The summed E-state index contributed by atoms with van der Waals surface area (Å²) in [5.41, 5.74) is 2.41. The van der Waals surface area contributed by atoms with E-state index in [1.165, 1.54) is 0 Å². The number of hydrogen-bond donors (Lipinski definition) is 1. The lowest BCUT2D eigenvalue weighted by molar-refractivity contribution is 0.548. The minimum Gasteiger partial charge on any atom is -0.461 e. The predicted octanol–water partition coefficient (Wildman–Crippen LogP) is 4.25. The highest BCUT2D eigenvalue weighted by molar-refractivity contribution is 5.62. The normalized spacial score (nSPS) is 10.6. The largest absolute Gasteiger partial charge is 0.461 e. The topological polar surface area (TPSA) is 76.7 Å². The first-order valence-corrected chi connectivity index (χ1v) is 7.81. The molecule has 25 heavy (non-hydrogen) atoms. The zero-order valence-electron chi connectivity index (χ0n) is 13.5. The fourth-order valence-corrected chi connectivity index (χ4v) is 2.41. The average Bonchev–Trinajstić information content (AvgIpc) is 3.10. The van der Waals surface area contributed by atoms with E-state index in [2.05, 4.69) is 25.3 Å². The summed E-state index contributed by atoms with van der Waals surface area (Å²) in [7, 11) is 0. The highest BCUT2D eigenvalue weighted by Gasteiger charge is 2.05. The average molecular weight is 329 g/mol. The summed E-state index contributed by atoms with van der Waals surface area (Å²) in [4.78, 5) is 17.3. The second kappa shape index (κ2) is 6.52. The molecule has 4 aromatic rings. The summed E-state index contributed by atoms with van der Waals surface area (Å²) in [6, 6.07) is 13.4. The molecule has 0 atom stereocenters. The Hall–Kier alpha value is -3.54. The van der Waals surface area contributed by atoms with Crippen LogP contribution in [0.3, 0.4) is 0 Å². The summed E-state index contributed by atoms with van der Waals surface area (Å²) in [6.45, 7) is 1.92. The second-order valence-electron chi connectivity index (χ2n) is 5.47. The smallest absolute Gasteiger partial charge is 0.135 e. The van der Waals surface area contributed by atoms with Crippen LogP contribution in [-0.4, -0.2) is 19.9 Å². The van der Waals surface area contributed by atoms with Crippen molar-refractivity contribution in [2.24, 2.45) is 0 Å². The van der Waals surface area contributed by atoms with E-state index >= 15 is 0 Å². The van der Waals surface area contributed by atoms with Crippen molar-refractivity contribution in [3.63, 3.8) is 0 Å². The predicted molar refractivity (Wildman–Crippen MR) is 95.2 cm³/mol. The molecule has 0 radical (unpaired) electrons. The van der Waals surface area contributed by atoms with Crippen molar-refractivity contribution in [3.8, 4) is 22.7 Å². The van der Waals surface area contributed by atoms with Crippen LogP contribution >= 0.6 is 0 Å². The number of furan rings is 1. The molecule has 0 aliphatic carbocycles. The first-order chi connectivity index (χ1) is 12.3. The van der Waals surface area contributed by atoms with Gasteiger partial charge in [0.1, 0.15) is 28.9 Å². The molecular formula is C19H15N5O. The standard InChI is InChI=1S/C19H15N5O/c1-13-5-7-17(25-13)14-6-8-18(22-11-14)24-19-4-2-3-15(23-19)16-12-20-9-10-21-16/h2-12H,1H3,(H,22,23,24). The molecule has 0 aliphatic heterocycles. The molecule has 6 nitrogen and oxygen atoms in total. The molecule has 0 unspecified atom stereocenters. The molecule has 4 rings (SSSR count). The van der Waals surface area contributed by atoms with E-state index < -0.39 is 0 Å².